The van der Waals surface area contributed by atoms with Crippen LogP contribution in [0.3, 0.4) is 0 Å². The fraction of sp³-hybridized carbons (Fsp3) is 0.417. The lowest BCUT2D eigenvalue weighted by atomic mass is 9.98. The molecule has 1 atom stereocenters. The maximum atomic E-state index is 13.6. The van der Waals surface area contributed by atoms with Crippen molar-refractivity contribution in [3.63, 3.8) is 0 Å². The van der Waals surface area contributed by atoms with Gasteiger partial charge in [0.15, 0.2) is 0 Å². The van der Waals surface area contributed by atoms with Gasteiger partial charge in [-0.1, -0.05) is 24.6 Å². The summed E-state index contributed by atoms with van der Waals surface area (Å²) in [5, 5.41) is 2.91. The number of hydrogen-bond acceptors (Lipinski definition) is 4. The lowest BCUT2D eigenvalue weighted by Gasteiger charge is -2.31. The quantitative estimate of drug-likeness (QED) is 0.626. The molecule has 0 unspecified atom stereocenters. The van der Waals surface area contributed by atoms with Gasteiger partial charge in [0.1, 0.15) is 0 Å². The lowest BCUT2D eigenvalue weighted by Crippen LogP contribution is -2.43. The van der Waals surface area contributed by atoms with Gasteiger partial charge in [0.25, 0.3) is 0 Å². The van der Waals surface area contributed by atoms with E-state index in [2.05, 4.69) is 21.2 Å². The summed E-state index contributed by atoms with van der Waals surface area (Å²) in [6.07, 6.45) is 2.30. The summed E-state index contributed by atoms with van der Waals surface area (Å²) in [4.78, 5) is 27.0. The minimum Gasteiger partial charge on any atom is -0.326 e. The number of carbonyl (C=O) groups is 2. The summed E-state index contributed by atoms with van der Waals surface area (Å²) in [6, 6.07) is 10.9. The van der Waals surface area contributed by atoms with E-state index in [1.165, 1.54) is 4.31 Å². The SMILES string of the molecule is CCC(=O)N1CCc2cc(Br)c(S(=O)(=O)N3CCC[C@H](C(=O)Nc4ccc(C)cc4)C3)cc21. The third kappa shape index (κ3) is 4.85. The van der Waals surface area contributed by atoms with Crippen LogP contribution in [0.5, 0.6) is 0 Å². The number of benzene rings is 2. The van der Waals surface area contributed by atoms with E-state index in [4.69, 9.17) is 0 Å². The van der Waals surface area contributed by atoms with Gasteiger partial charge < -0.3 is 10.2 Å². The maximum Gasteiger partial charge on any atom is 0.244 e. The zero-order valence-electron chi connectivity index (χ0n) is 18.8. The molecule has 7 nitrogen and oxygen atoms in total. The van der Waals surface area contributed by atoms with E-state index in [1.807, 2.05) is 31.2 Å². The smallest absolute Gasteiger partial charge is 0.244 e. The average Bonchev–Trinajstić information content (AvgIpc) is 3.22. The Balaban J connectivity index is 1.55. The molecular weight excluding hydrogens is 506 g/mol. The van der Waals surface area contributed by atoms with Crippen molar-refractivity contribution in [2.45, 2.75) is 44.4 Å². The van der Waals surface area contributed by atoms with Gasteiger partial charge in [-0.3, -0.25) is 9.59 Å². The van der Waals surface area contributed by atoms with Gasteiger partial charge in [-0.25, -0.2) is 8.42 Å². The lowest BCUT2D eigenvalue weighted by molar-refractivity contribution is -0.121. The monoisotopic (exact) mass is 533 g/mol. The first-order valence-electron chi connectivity index (χ1n) is 11.2. The van der Waals surface area contributed by atoms with Gasteiger partial charge in [0, 0.05) is 41.9 Å². The highest BCUT2D eigenvalue weighted by Crippen LogP contribution is 2.37. The second-order valence-corrected chi connectivity index (χ2v) is 11.4. The molecule has 2 aliphatic rings. The van der Waals surface area contributed by atoms with Crippen molar-refractivity contribution in [1.82, 2.24) is 4.31 Å². The van der Waals surface area contributed by atoms with E-state index in [0.29, 0.717) is 54.6 Å². The van der Waals surface area contributed by atoms with Gasteiger partial charge in [0.05, 0.1) is 10.8 Å². The highest BCUT2D eigenvalue weighted by Gasteiger charge is 2.36. The average molecular weight is 534 g/mol. The summed E-state index contributed by atoms with van der Waals surface area (Å²) in [5.41, 5.74) is 3.42. The van der Waals surface area contributed by atoms with Crippen molar-refractivity contribution in [2.75, 3.05) is 29.9 Å². The molecule has 4 rings (SSSR count). The van der Waals surface area contributed by atoms with E-state index in [0.717, 1.165) is 11.1 Å². The molecule has 2 aromatic carbocycles. The number of nitrogens with one attached hydrogen (secondary N) is 1. The van der Waals surface area contributed by atoms with E-state index in [-0.39, 0.29) is 23.3 Å². The van der Waals surface area contributed by atoms with Crippen LogP contribution < -0.4 is 10.2 Å². The fourth-order valence-corrected chi connectivity index (χ4v) is 7.02. The number of aryl methyl sites for hydroxylation is 1. The number of rotatable bonds is 5. The van der Waals surface area contributed by atoms with Gasteiger partial charge >= 0.3 is 0 Å². The zero-order valence-corrected chi connectivity index (χ0v) is 21.2. The number of piperidine rings is 1. The van der Waals surface area contributed by atoms with Crippen LogP contribution >= 0.6 is 15.9 Å². The third-order valence-electron chi connectivity index (χ3n) is 6.32. The minimum absolute atomic E-state index is 0.0229. The standard InChI is InChI=1S/C24H28BrN3O4S/c1-3-23(29)28-12-10-17-13-20(25)22(14-21(17)28)33(31,32)27-11-4-5-18(15-27)24(30)26-19-8-6-16(2)7-9-19/h6-9,13-14,18H,3-5,10-12,15H2,1-2H3,(H,26,30)/t18-/m0/s1. The molecule has 1 saturated heterocycles. The van der Waals surface area contributed by atoms with Crippen molar-refractivity contribution in [2.24, 2.45) is 5.92 Å². The van der Waals surface area contributed by atoms with Crippen LogP contribution in [0.4, 0.5) is 11.4 Å². The summed E-state index contributed by atoms with van der Waals surface area (Å²) >= 11 is 3.43. The number of fused-ring (bicyclic) bond motifs is 1. The Kier molecular flexibility index (Phi) is 6.93. The summed E-state index contributed by atoms with van der Waals surface area (Å²) in [7, 11) is -3.85. The van der Waals surface area contributed by atoms with Crippen LogP contribution in [0, 0.1) is 12.8 Å². The fourth-order valence-electron chi connectivity index (χ4n) is 4.43. The van der Waals surface area contributed by atoms with Crippen LogP contribution in [0.15, 0.2) is 45.8 Å². The van der Waals surface area contributed by atoms with Crippen molar-refractivity contribution in [1.29, 1.82) is 0 Å². The number of sulfonamides is 1. The van der Waals surface area contributed by atoms with Crippen molar-refractivity contribution in [3.8, 4) is 0 Å². The van der Waals surface area contributed by atoms with E-state index in [9.17, 15) is 18.0 Å². The first-order chi connectivity index (χ1) is 15.7. The number of hydrogen-bond donors (Lipinski definition) is 1. The van der Waals surface area contributed by atoms with Gasteiger partial charge in [0.2, 0.25) is 21.8 Å². The topological polar surface area (TPSA) is 86.8 Å². The molecule has 2 aliphatic heterocycles. The first-order valence-corrected chi connectivity index (χ1v) is 13.4. The van der Waals surface area contributed by atoms with Crippen LogP contribution in [-0.2, 0) is 26.0 Å². The van der Waals surface area contributed by atoms with Crippen LogP contribution in [0.25, 0.3) is 0 Å². The highest BCUT2D eigenvalue weighted by atomic mass is 79.9. The summed E-state index contributed by atoms with van der Waals surface area (Å²) in [6.45, 7) is 4.82. The predicted octanol–water partition coefficient (Wildman–Crippen LogP) is 4.10. The number of anilines is 2. The molecule has 2 heterocycles. The summed E-state index contributed by atoms with van der Waals surface area (Å²) < 4.78 is 29.0. The minimum atomic E-state index is -3.85. The maximum absolute atomic E-state index is 13.6. The molecular formula is C24H28BrN3O4S. The van der Waals surface area contributed by atoms with Crippen LogP contribution in [-0.4, -0.2) is 44.2 Å². The molecule has 0 aromatic heterocycles. The molecule has 2 aromatic rings. The Morgan fingerprint density at radius 3 is 2.58 bits per heavy atom. The zero-order chi connectivity index (χ0) is 23.8. The van der Waals surface area contributed by atoms with Crippen LogP contribution in [0.1, 0.15) is 37.3 Å². The van der Waals surface area contributed by atoms with Crippen molar-refractivity contribution >= 4 is 49.1 Å². The number of nitrogens with zero attached hydrogens (tertiary/aromatic N) is 2. The largest absolute Gasteiger partial charge is 0.326 e. The highest BCUT2D eigenvalue weighted by molar-refractivity contribution is 9.10. The molecule has 33 heavy (non-hydrogen) atoms. The number of halogens is 1. The number of carbonyl (C=O) groups excluding carboxylic acids is 2. The van der Waals surface area contributed by atoms with Gasteiger partial charge in [-0.05, 0) is 71.9 Å². The molecule has 2 amide bonds. The Bertz CT molecular complexity index is 1180. The molecule has 1 fully saturated rings. The third-order valence-corrected chi connectivity index (χ3v) is 9.15. The Morgan fingerprint density at radius 1 is 1.15 bits per heavy atom. The predicted molar refractivity (Wildman–Crippen MR) is 132 cm³/mol. The second-order valence-electron chi connectivity index (χ2n) is 8.62. The molecule has 0 bridgehead atoms. The molecule has 9 heteroatoms. The molecule has 0 aliphatic carbocycles. The summed E-state index contributed by atoms with van der Waals surface area (Å²) in [5.74, 6) is -0.627. The van der Waals surface area contributed by atoms with E-state index in [1.54, 1.807) is 24.0 Å². The van der Waals surface area contributed by atoms with Crippen molar-refractivity contribution in [3.05, 3.63) is 52.0 Å². The van der Waals surface area contributed by atoms with E-state index >= 15 is 0 Å². The second kappa shape index (κ2) is 9.56. The van der Waals surface area contributed by atoms with E-state index < -0.39 is 15.9 Å². The first kappa shape index (κ1) is 23.9. The Morgan fingerprint density at radius 2 is 1.88 bits per heavy atom. The van der Waals surface area contributed by atoms with Gasteiger partial charge in [-0.2, -0.15) is 4.31 Å². The normalized spacial score (nSPS) is 18.8. The van der Waals surface area contributed by atoms with Gasteiger partial charge in [-0.15, -0.1) is 0 Å². The molecule has 1 N–H and O–H groups in total. The van der Waals surface area contributed by atoms with Crippen LogP contribution in [0.2, 0.25) is 0 Å². The molecule has 0 spiro atoms. The Labute approximate surface area is 203 Å². The molecule has 176 valence electrons. The van der Waals surface area contributed by atoms with Crippen molar-refractivity contribution < 1.29 is 18.0 Å². The molecule has 0 radical (unpaired) electrons. The Hall–Kier alpha value is -2.23. The molecule has 0 saturated carbocycles. The number of amides is 2.